The molecule has 0 amide bonds. The van der Waals surface area contributed by atoms with Crippen LogP contribution in [-0.4, -0.2) is 23.6 Å². The molecule has 1 unspecified atom stereocenters. The number of para-hydroxylation sites is 1. The van der Waals surface area contributed by atoms with Gasteiger partial charge in [-0.2, -0.15) is 4.98 Å². The second kappa shape index (κ2) is 7.50. The zero-order chi connectivity index (χ0) is 18.6. The Balaban J connectivity index is 1.62. The van der Waals surface area contributed by atoms with Crippen LogP contribution in [0.15, 0.2) is 66.9 Å². The average Bonchev–Trinajstić information content (AvgIpc) is 2.73. The molecule has 1 N–H and O–H groups in total. The molecule has 5 nitrogen and oxygen atoms in total. The van der Waals surface area contributed by atoms with E-state index in [1.165, 1.54) is 5.56 Å². The smallest absolute Gasteiger partial charge is 0.229 e. The third-order valence-electron chi connectivity index (χ3n) is 4.76. The first-order valence-electron chi connectivity index (χ1n) is 9.01. The van der Waals surface area contributed by atoms with Gasteiger partial charge >= 0.3 is 0 Å². The topological polar surface area (TPSA) is 50.3 Å². The number of ether oxygens (including phenoxy) is 1. The molecule has 0 aliphatic carbocycles. The molecule has 27 heavy (non-hydrogen) atoms. The monoisotopic (exact) mass is 358 g/mol. The molecule has 1 aliphatic heterocycles. The summed E-state index contributed by atoms with van der Waals surface area (Å²) in [6.07, 6.45) is 6.10. The molecule has 1 aromatic heterocycles. The van der Waals surface area contributed by atoms with Gasteiger partial charge in [-0.05, 0) is 36.8 Å². The predicted octanol–water partition coefficient (Wildman–Crippen LogP) is 4.82. The number of aromatic nitrogens is 2. The van der Waals surface area contributed by atoms with E-state index in [4.69, 9.17) is 9.72 Å². The Hall–Kier alpha value is -3.34. The number of methoxy groups -OCH3 is 1. The first kappa shape index (κ1) is 17.1. The van der Waals surface area contributed by atoms with E-state index in [9.17, 15) is 0 Å². The summed E-state index contributed by atoms with van der Waals surface area (Å²) in [5.74, 6) is 2.40. The van der Waals surface area contributed by atoms with Crippen LogP contribution in [0.3, 0.4) is 0 Å². The van der Waals surface area contributed by atoms with Crippen LogP contribution in [0.25, 0.3) is 6.08 Å². The van der Waals surface area contributed by atoms with Gasteiger partial charge < -0.3 is 15.0 Å². The molecule has 0 saturated carbocycles. The Morgan fingerprint density at radius 2 is 1.85 bits per heavy atom. The van der Waals surface area contributed by atoms with E-state index in [1.807, 2.05) is 48.7 Å². The molecule has 5 heteroatoms. The Kier molecular flexibility index (Phi) is 4.75. The van der Waals surface area contributed by atoms with E-state index in [0.29, 0.717) is 5.95 Å². The molecule has 136 valence electrons. The molecule has 0 bridgehead atoms. The molecule has 1 aliphatic rings. The number of benzene rings is 2. The lowest BCUT2D eigenvalue weighted by Gasteiger charge is -2.33. The first-order valence-corrected chi connectivity index (χ1v) is 9.01. The first-order chi connectivity index (χ1) is 13.2. The summed E-state index contributed by atoms with van der Waals surface area (Å²) in [7, 11) is 1.68. The Labute approximate surface area is 159 Å². The van der Waals surface area contributed by atoms with Crippen molar-refractivity contribution in [1.29, 1.82) is 0 Å². The molecular weight excluding hydrogens is 336 g/mol. The van der Waals surface area contributed by atoms with Crippen molar-refractivity contribution in [2.75, 3.05) is 23.9 Å². The van der Waals surface area contributed by atoms with Crippen LogP contribution in [-0.2, 0) is 0 Å². The van der Waals surface area contributed by atoms with Crippen LogP contribution in [0.5, 0.6) is 5.75 Å². The van der Waals surface area contributed by atoms with Crippen molar-refractivity contribution in [3.63, 3.8) is 0 Å². The Morgan fingerprint density at radius 1 is 1.07 bits per heavy atom. The lowest BCUT2D eigenvalue weighted by Crippen LogP contribution is -2.30. The van der Waals surface area contributed by atoms with Crippen LogP contribution in [0.2, 0.25) is 0 Å². The van der Waals surface area contributed by atoms with E-state index in [0.717, 1.165) is 29.4 Å². The predicted molar refractivity (Wildman–Crippen MR) is 110 cm³/mol. The molecule has 0 fully saturated rings. The second-order valence-electron chi connectivity index (χ2n) is 6.47. The minimum absolute atomic E-state index is 0.180. The quantitative estimate of drug-likeness (QED) is 0.708. The van der Waals surface area contributed by atoms with E-state index in [2.05, 4.69) is 46.4 Å². The summed E-state index contributed by atoms with van der Waals surface area (Å²) >= 11 is 0. The fourth-order valence-corrected chi connectivity index (χ4v) is 3.22. The highest BCUT2D eigenvalue weighted by molar-refractivity contribution is 5.69. The largest absolute Gasteiger partial charge is 0.497 e. The number of fused-ring (bicyclic) bond motifs is 1. The summed E-state index contributed by atoms with van der Waals surface area (Å²) in [6.45, 7) is 3.00. The second-order valence-corrected chi connectivity index (χ2v) is 6.47. The molecule has 2 heterocycles. The summed E-state index contributed by atoms with van der Waals surface area (Å²) in [5, 5.41) is 3.28. The van der Waals surface area contributed by atoms with Crippen molar-refractivity contribution in [3.8, 4) is 5.75 Å². The minimum Gasteiger partial charge on any atom is -0.497 e. The zero-order valence-corrected chi connectivity index (χ0v) is 15.5. The highest BCUT2D eigenvalue weighted by Gasteiger charge is 2.22. The molecule has 1 atom stereocenters. The maximum atomic E-state index is 5.27. The maximum absolute atomic E-state index is 5.27. The molecule has 0 spiro atoms. The van der Waals surface area contributed by atoms with Crippen molar-refractivity contribution in [2.24, 2.45) is 0 Å². The third-order valence-corrected chi connectivity index (χ3v) is 4.76. The van der Waals surface area contributed by atoms with Gasteiger partial charge in [-0.15, -0.1) is 0 Å². The third kappa shape index (κ3) is 3.62. The number of hydrogen-bond acceptors (Lipinski definition) is 5. The lowest BCUT2D eigenvalue weighted by atomic mass is 10.0. The minimum atomic E-state index is 0.180. The number of hydrogen-bond donors (Lipinski definition) is 1. The van der Waals surface area contributed by atoms with Crippen LogP contribution < -0.4 is 15.0 Å². The zero-order valence-electron chi connectivity index (χ0n) is 15.5. The summed E-state index contributed by atoms with van der Waals surface area (Å²) in [5.41, 5.74) is 3.21. The molecule has 0 saturated heterocycles. The molecule has 2 aromatic carbocycles. The number of anilines is 3. The fraction of sp³-hybridized carbons (Fsp3) is 0.182. The van der Waals surface area contributed by atoms with Crippen molar-refractivity contribution in [1.82, 2.24) is 9.97 Å². The van der Waals surface area contributed by atoms with Gasteiger partial charge in [-0.25, -0.2) is 4.98 Å². The maximum Gasteiger partial charge on any atom is 0.229 e. The van der Waals surface area contributed by atoms with Crippen molar-refractivity contribution in [3.05, 3.63) is 78.0 Å². The van der Waals surface area contributed by atoms with Gasteiger partial charge in [0.2, 0.25) is 5.95 Å². The SMILES string of the molecule is COc1ccc(C(C)N2CC=Cc3cnc(Nc4ccccc4)nc32)cc1. The lowest BCUT2D eigenvalue weighted by molar-refractivity contribution is 0.414. The summed E-state index contributed by atoms with van der Waals surface area (Å²) in [6, 6.07) is 18.3. The highest BCUT2D eigenvalue weighted by atomic mass is 16.5. The molecular formula is C22H22N4O. The molecule has 4 rings (SSSR count). The number of rotatable bonds is 5. The van der Waals surface area contributed by atoms with Gasteiger partial charge in [0.25, 0.3) is 0 Å². The van der Waals surface area contributed by atoms with E-state index >= 15 is 0 Å². The van der Waals surface area contributed by atoms with Gasteiger partial charge in [0.05, 0.1) is 13.2 Å². The van der Waals surface area contributed by atoms with E-state index in [-0.39, 0.29) is 6.04 Å². The van der Waals surface area contributed by atoms with E-state index < -0.39 is 0 Å². The highest BCUT2D eigenvalue weighted by Crippen LogP contribution is 2.32. The number of nitrogens with one attached hydrogen (secondary N) is 1. The normalized spacial score (nSPS) is 13.8. The van der Waals surface area contributed by atoms with Crippen molar-refractivity contribution < 1.29 is 4.74 Å². The molecule has 3 aromatic rings. The van der Waals surface area contributed by atoms with Gasteiger partial charge in [-0.3, -0.25) is 0 Å². The fourth-order valence-electron chi connectivity index (χ4n) is 3.22. The van der Waals surface area contributed by atoms with Gasteiger partial charge in [0, 0.05) is 24.0 Å². The average molecular weight is 358 g/mol. The summed E-state index contributed by atoms with van der Waals surface area (Å²) < 4.78 is 5.27. The summed E-state index contributed by atoms with van der Waals surface area (Å²) in [4.78, 5) is 11.5. The standard InChI is InChI=1S/C22H22N4O/c1-16(17-10-12-20(27-2)13-11-17)26-14-6-7-18-15-23-22(25-21(18)26)24-19-8-4-3-5-9-19/h3-13,15-16H,14H2,1-2H3,(H,23,24,25). The van der Waals surface area contributed by atoms with Crippen LogP contribution in [0.4, 0.5) is 17.5 Å². The van der Waals surface area contributed by atoms with Crippen LogP contribution >= 0.6 is 0 Å². The molecule has 0 radical (unpaired) electrons. The van der Waals surface area contributed by atoms with Gasteiger partial charge in [-0.1, -0.05) is 42.5 Å². The van der Waals surface area contributed by atoms with Gasteiger partial charge in [0.15, 0.2) is 0 Å². The van der Waals surface area contributed by atoms with E-state index in [1.54, 1.807) is 7.11 Å². The van der Waals surface area contributed by atoms with Crippen molar-refractivity contribution in [2.45, 2.75) is 13.0 Å². The van der Waals surface area contributed by atoms with Crippen LogP contribution in [0.1, 0.15) is 24.1 Å². The van der Waals surface area contributed by atoms with Crippen molar-refractivity contribution >= 4 is 23.5 Å². The Bertz CT molecular complexity index is 938. The Morgan fingerprint density at radius 3 is 2.59 bits per heavy atom. The van der Waals surface area contributed by atoms with Gasteiger partial charge in [0.1, 0.15) is 11.6 Å². The van der Waals surface area contributed by atoms with Crippen LogP contribution in [0, 0.1) is 0 Å². The number of nitrogens with zero attached hydrogens (tertiary/aromatic N) is 3.